The second-order valence-corrected chi connectivity index (χ2v) is 7.56. The maximum absolute atomic E-state index is 12.0. The van der Waals surface area contributed by atoms with E-state index in [2.05, 4.69) is 24.3 Å². The van der Waals surface area contributed by atoms with Crippen molar-refractivity contribution in [2.75, 3.05) is 19.7 Å². The summed E-state index contributed by atoms with van der Waals surface area (Å²) in [5, 5.41) is 0. The van der Waals surface area contributed by atoms with E-state index in [9.17, 15) is 4.79 Å². The number of nitrogens with zero attached hydrogens (tertiary/aromatic N) is 1. The summed E-state index contributed by atoms with van der Waals surface area (Å²) in [6, 6.07) is 10.2. The van der Waals surface area contributed by atoms with Gasteiger partial charge >= 0.3 is 6.09 Å². The maximum Gasteiger partial charge on any atom is 0.410 e. The molecule has 0 atom stereocenters. The molecule has 0 saturated carbocycles. The molecule has 1 amide bonds. The molecule has 1 fully saturated rings. The average Bonchev–Trinajstić information content (AvgIpc) is 2.58. The number of hydrogen-bond donors (Lipinski definition) is 0. The molecule has 25 heavy (non-hydrogen) atoms. The topological polar surface area (TPSA) is 38.8 Å². The molecule has 0 aliphatic carbocycles. The second kappa shape index (κ2) is 9.62. The van der Waals surface area contributed by atoms with Crippen molar-refractivity contribution in [2.24, 2.45) is 5.92 Å². The molecule has 1 saturated heterocycles. The number of carbonyl (C=O) groups excluding carboxylic acids is 1. The van der Waals surface area contributed by atoms with Crippen molar-refractivity contribution >= 4 is 6.09 Å². The molecule has 138 valence electrons. The number of piperidine rings is 1. The van der Waals surface area contributed by atoms with Crippen molar-refractivity contribution in [3.05, 3.63) is 48.0 Å². The van der Waals surface area contributed by atoms with Crippen LogP contribution in [0.4, 0.5) is 4.79 Å². The van der Waals surface area contributed by atoms with Crippen LogP contribution < -0.4 is 0 Å². The Bertz CT molecular complexity index is 540. The van der Waals surface area contributed by atoms with Gasteiger partial charge in [0.05, 0.1) is 13.2 Å². The van der Waals surface area contributed by atoms with Crippen LogP contribution in [0.5, 0.6) is 0 Å². The Kier molecular flexibility index (Phi) is 7.51. The van der Waals surface area contributed by atoms with Crippen molar-refractivity contribution in [3.63, 3.8) is 0 Å². The molecule has 1 aromatic carbocycles. The summed E-state index contributed by atoms with van der Waals surface area (Å²) in [5.74, 6) is 0.549. The zero-order valence-corrected chi connectivity index (χ0v) is 15.7. The van der Waals surface area contributed by atoms with Gasteiger partial charge in [-0.15, -0.1) is 0 Å². The molecule has 4 nitrogen and oxygen atoms in total. The number of rotatable bonds is 6. The number of allylic oxidation sites excluding steroid dienone is 1. The van der Waals surface area contributed by atoms with Gasteiger partial charge < -0.3 is 14.4 Å². The van der Waals surface area contributed by atoms with E-state index in [0.29, 0.717) is 12.5 Å². The number of benzene rings is 1. The fourth-order valence-corrected chi connectivity index (χ4v) is 2.81. The van der Waals surface area contributed by atoms with Gasteiger partial charge in [0, 0.05) is 13.1 Å². The van der Waals surface area contributed by atoms with Crippen molar-refractivity contribution in [2.45, 2.75) is 52.2 Å². The molecule has 0 radical (unpaired) electrons. The fourth-order valence-electron chi connectivity index (χ4n) is 2.81. The van der Waals surface area contributed by atoms with Crippen LogP contribution in [0.25, 0.3) is 0 Å². The van der Waals surface area contributed by atoms with Crippen LogP contribution in [0.15, 0.2) is 42.5 Å². The Hall–Kier alpha value is -1.81. The van der Waals surface area contributed by atoms with E-state index < -0.39 is 5.60 Å². The van der Waals surface area contributed by atoms with Gasteiger partial charge in [-0.05, 0) is 51.5 Å². The zero-order chi connectivity index (χ0) is 18.1. The van der Waals surface area contributed by atoms with E-state index in [-0.39, 0.29) is 6.09 Å². The van der Waals surface area contributed by atoms with Crippen LogP contribution in [-0.4, -0.2) is 36.3 Å². The van der Waals surface area contributed by atoms with Crippen LogP contribution in [0.2, 0.25) is 0 Å². The summed E-state index contributed by atoms with van der Waals surface area (Å²) in [6.07, 6.45) is 7.22. The molecule has 1 aromatic rings. The van der Waals surface area contributed by atoms with E-state index >= 15 is 0 Å². The highest BCUT2D eigenvalue weighted by Gasteiger charge is 2.25. The lowest BCUT2D eigenvalue weighted by Gasteiger charge is -2.32. The van der Waals surface area contributed by atoms with Gasteiger partial charge in [-0.2, -0.15) is 0 Å². The minimum atomic E-state index is -0.423. The van der Waals surface area contributed by atoms with Crippen LogP contribution in [-0.2, 0) is 16.1 Å². The molecule has 1 aliphatic heterocycles. The summed E-state index contributed by atoms with van der Waals surface area (Å²) in [7, 11) is 0. The maximum atomic E-state index is 12.0. The number of amides is 1. The van der Waals surface area contributed by atoms with Gasteiger partial charge in [-0.1, -0.05) is 42.5 Å². The minimum absolute atomic E-state index is 0.191. The first-order valence-electron chi connectivity index (χ1n) is 9.20. The molecule has 2 rings (SSSR count). The summed E-state index contributed by atoms with van der Waals surface area (Å²) >= 11 is 0. The Morgan fingerprint density at radius 3 is 2.52 bits per heavy atom. The predicted molar refractivity (Wildman–Crippen MR) is 100 cm³/mol. The van der Waals surface area contributed by atoms with Gasteiger partial charge in [0.15, 0.2) is 0 Å². The van der Waals surface area contributed by atoms with Crippen LogP contribution in [0.1, 0.15) is 45.6 Å². The third-order valence-electron chi connectivity index (χ3n) is 4.14. The molecule has 1 heterocycles. The Morgan fingerprint density at radius 1 is 1.20 bits per heavy atom. The molecule has 0 aromatic heterocycles. The highest BCUT2D eigenvalue weighted by molar-refractivity contribution is 5.68. The summed E-state index contributed by atoms with van der Waals surface area (Å²) in [4.78, 5) is 13.9. The van der Waals surface area contributed by atoms with Crippen molar-refractivity contribution < 1.29 is 14.3 Å². The molecule has 1 aliphatic rings. The third-order valence-corrected chi connectivity index (χ3v) is 4.14. The summed E-state index contributed by atoms with van der Waals surface area (Å²) in [6.45, 7) is 8.66. The van der Waals surface area contributed by atoms with Gasteiger partial charge in [-0.3, -0.25) is 0 Å². The molecular weight excluding hydrogens is 314 g/mol. The molecule has 0 spiro atoms. The van der Waals surface area contributed by atoms with E-state index in [4.69, 9.17) is 9.47 Å². The summed E-state index contributed by atoms with van der Waals surface area (Å²) < 4.78 is 11.1. The summed E-state index contributed by atoms with van der Waals surface area (Å²) in [5.41, 5.74) is 0.786. The van der Waals surface area contributed by atoms with E-state index in [1.54, 1.807) is 0 Å². The first-order chi connectivity index (χ1) is 11.9. The Morgan fingerprint density at radius 2 is 1.88 bits per heavy atom. The first kappa shape index (κ1) is 19.5. The number of carbonyl (C=O) groups is 1. The minimum Gasteiger partial charge on any atom is -0.444 e. The fraction of sp³-hybridized carbons (Fsp3) is 0.571. The standard InChI is InChI=1S/C21H31NO3/c1-21(2,3)25-20(23)22-14-12-18(13-15-22)9-7-8-16-24-17-19-10-5-4-6-11-19/h4-7,9-11,18H,8,12-17H2,1-3H3. The SMILES string of the molecule is CC(C)(C)OC(=O)N1CCC(C=CCCOCc2ccccc2)CC1. The van der Waals surface area contributed by atoms with Crippen LogP contribution in [0.3, 0.4) is 0 Å². The highest BCUT2D eigenvalue weighted by Crippen LogP contribution is 2.20. The van der Waals surface area contributed by atoms with Crippen molar-refractivity contribution in [1.29, 1.82) is 0 Å². The molecule has 0 bridgehead atoms. The Labute approximate surface area is 151 Å². The van der Waals surface area contributed by atoms with Gasteiger partial charge in [0.1, 0.15) is 5.60 Å². The molecule has 0 unspecified atom stereocenters. The lowest BCUT2D eigenvalue weighted by molar-refractivity contribution is 0.0197. The zero-order valence-electron chi connectivity index (χ0n) is 15.7. The largest absolute Gasteiger partial charge is 0.444 e. The van der Waals surface area contributed by atoms with E-state index in [1.807, 2.05) is 43.9 Å². The average molecular weight is 345 g/mol. The van der Waals surface area contributed by atoms with Gasteiger partial charge in [0.2, 0.25) is 0 Å². The van der Waals surface area contributed by atoms with E-state index in [0.717, 1.165) is 39.0 Å². The van der Waals surface area contributed by atoms with E-state index in [1.165, 1.54) is 5.56 Å². The molecule has 0 N–H and O–H groups in total. The number of hydrogen-bond acceptors (Lipinski definition) is 3. The smallest absolute Gasteiger partial charge is 0.410 e. The second-order valence-electron chi connectivity index (χ2n) is 7.56. The quantitative estimate of drug-likeness (QED) is 0.549. The lowest BCUT2D eigenvalue weighted by Crippen LogP contribution is -2.41. The first-order valence-corrected chi connectivity index (χ1v) is 9.20. The normalized spacial score (nSPS) is 16.4. The highest BCUT2D eigenvalue weighted by atomic mass is 16.6. The number of likely N-dealkylation sites (tertiary alicyclic amines) is 1. The van der Waals surface area contributed by atoms with Crippen LogP contribution in [0, 0.1) is 5.92 Å². The predicted octanol–water partition coefficient (Wildman–Crippen LogP) is 4.80. The Balaban J connectivity index is 1.58. The third kappa shape index (κ3) is 7.74. The molecule has 4 heteroatoms. The lowest BCUT2D eigenvalue weighted by atomic mass is 9.96. The molecular formula is C21H31NO3. The van der Waals surface area contributed by atoms with Crippen molar-refractivity contribution in [3.8, 4) is 0 Å². The van der Waals surface area contributed by atoms with Crippen LogP contribution >= 0.6 is 0 Å². The number of ether oxygens (including phenoxy) is 2. The van der Waals surface area contributed by atoms with Gasteiger partial charge in [0.25, 0.3) is 0 Å². The monoisotopic (exact) mass is 345 g/mol. The van der Waals surface area contributed by atoms with Gasteiger partial charge in [-0.25, -0.2) is 4.79 Å². The van der Waals surface area contributed by atoms with Crippen molar-refractivity contribution in [1.82, 2.24) is 4.90 Å².